The lowest BCUT2D eigenvalue weighted by Crippen LogP contribution is -2.30. The molecule has 0 saturated heterocycles. The fourth-order valence-corrected chi connectivity index (χ4v) is 5.00. The molecule has 0 N–H and O–H groups in total. The third-order valence-electron chi connectivity index (χ3n) is 4.95. The first kappa shape index (κ1) is 19.7. The van der Waals surface area contributed by atoms with Crippen LogP contribution in [0.1, 0.15) is 37.0 Å². The number of hydrogen-bond donors (Lipinski definition) is 0. The molecular formula is C21H27NO4S. The third kappa shape index (κ3) is 4.12. The number of aryl methyl sites for hydroxylation is 2. The van der Waals surface area contributed by atoms with Crippen LogP contribution >= 0.6 is 0 Å². The van der Waals surface area contributed by atoms with Crippen LogP contribution in [0.2, 0.25) is 0 Å². The molecule has 0 aromatic heterocycles. The number of methoxy groups -OCH3 is 1. The van der Waals surface area contributed by atoms with Crippen LogP contribution in [0.3, 0.4) is 0 Å². The second kappa shape index (κ2) is 8.31. The van der Waals surface area contributed by atoms with Crippen molar-refractivity contribution >= 4 is 10.0 Å². The van der Waals surface area contributed by atoms with Gasteiger partial charge in [-0.1, -0.05) is 19.1 Å². The zero-order valence-electron chi connectivity index (χ0n) is 16.2. The number of hydrogen-bond acceptors (Lipinski definition) is 4. The van der Waals surface area contributed by atoms with Crippen LogP contribution in [0, 0.1) is 0 Å². The lowest BCUT2D eigenvalue weighted by molar-refractivity contribution is 0.310. The van der Waals surface area contributed by atoms with Crippen molar-refractivity contribution in [2.45, 2.75) is 44.6 Å². The quantitative estimate of drug-likeness (QED) is 0.689. The largest absolute Gasteiger partial charge is 0.493 e. The van der Waals surface area contributed by atoms with Crippen LogP contribution < -0.4 is 9.47 Å². The van der Waals surface area contributed by atoms with E-state index in [2.05, 4.69) is 0 Å². The molecule has 1 aliphatic carbocycles. The Hall–Kier alpha value is -2.05. The first-order valence-electron chi connectivity index (χ1n) is 9.41. The molecule has 0 spiro atoms. The van der Waals surface area contributed by atoms with Gasteiger partial charge in [0.2, 0.25) is 10.0 Å². The van der Waals surface area contributed by atoms with Crippen molar-refractivity contribution in [3.05, 3.63) is 53.1 Å². The highest BCUT2D eigenvalue weighted by molar-refractivity contribution is 7.89. The lowest BCUT2D eigenvalue weighted by Gasteiger charge is -2.22. The minimum absolute atomic E-state index is 0.290. The van der Waals surface area contributed by atoms with Gasteiger partial charge < -0.3 is 9.47 Å². The molecule has 1 aliphatic rings. The van der Waals surface area contributed by atoms with Gasteiger partial charge in [-0.15, -0.1) is 0 Å². The summed E-state index contributed by atoms with van der Waals surface area (Å²) in [5, 5.41) is 0. The van der Waals surface area contributed by atoms with Gasteiger partial charge in [-0.25, -0.2) is 8.42 Å². The molecule has 0 aliphatic heterocycles. The number of benzene rings is 2. The van der Waals surface area contributed by atoms with E-state index in [1.807, 2.05) is 44.2 Å². The number of rotatable bonds is 8. The molecule has 0 heterocycles. The molecule has 0 unspecified atom stereocenters. The minimum atomic E-state index is -3.55. The molecular weight excluding hydrogens is 362 g/mol. The lowest BCUT2D eigenvalue weighted by atomic mass is 10.1. The van der Waals surface area contributed by atoms with Crippen LogP contribution in [0.25, 0.3) is 0 Å². The summed E-state index contributed by atoms with van der Waals surface area (Å²) < 4.78 is 38.7. The Morgan fingerprint density at radius 2 is 1.78 bits per heavy atom. The molecule has 0 fully saturated rings. The van der Waals surface area contributed by atoms with Crippen molar-refractivity contribution in [3.8, 4) is 11.5 Å². The van der Waals surface area contributed by atoms with Crippen LogP contribution in [0.15, 0.2) is 41.3 Å². The smallest absolute Gasteiger partial charge is 0.243 e. The molecule has 27 heavy (non-hydrogen) atoms. The maximum absolute atomic E-state index is 13.2. The Kier molecular flexibility index (Phi) is 6.07. The van der Waals surface area contributed by atoms with Crippen molar-refractivity contribution in [2.24, 2.45) is 0 Å². The van der Waals surface area contributed by atoms with E-state index in [0.29, 0.717) is 36.1 Å². The van der Waals surface area contributed by atoms with Crippen molar-refractivity contribution < 1.29 is 17.9 Å². The SMILES string of the molecule is CCOc1ccc(CN(CC)S(=O)(=O)c2ccc3c(c2)CCC3)cc1OC. The Morgan fingerprint density at radius 1 is 1.00 bits per heavy atom. The number of fused-ring (bicyclic) bond motifs is 1. The molecule has 146 valence electrons. The molecule has 0 bridgehead atoms. The van der Waals surface area contributed by atoms with Crippen molar-refractivity contribution in [2.75, 3.05) is 20.3 Å². The van der Waals surface area contributed by atoms with Crippen LogP contribution in [0.5, 0.6) is 11.5 Å². The van der Waals surface area contributed by atoms with E-state index in [4.69, 9.17) is 9.47 Å². The number of ether oxygens (including phenoxy) is 2. The third-order valence-corrected chi connectivity index (χ3v) is 6.86. The average Bonchev–Trinajstić information content (AvgIpc) is 3.14. The maximum atomic E-state index is 13.2. The van der Waals surface area contributed by atoms with E-state index in [0.717, 1.165) is 30.4 Å². The summed E-state index contributed by atoms with van der Waals surface area (Å²) in [4.78, 5) is 0.378. The van der Waals surface area contributed by atoms with Crippen molar-refractivity contribution in [3.63, 3.8) is 0 Å². The predicted molar refractivity (Wildman–Crippen MR) is 106 cm³/mol. The maximum Gasteiger partial charge on any atom is 0.243 e. The standard InChI is InChI=1S/C21H27NO4S/c1-4-22(15-16-9-12-20(26-5-2)21(13-16)25-3)27(23,24)19-11-10-17-7-6-8-18(17)14-19/h9-14H,4-8,15H2,1-3H3. The Morgan fingerprint density at radius 3 is 2.48 bits per heavy atom. The van der Waals surface area contributed by atoms with Crippen LogP contribution in [0.4, 0.5) is 0 Å². The van der Waals surface area contributed by atoms with Gasteiger partial charge in [-0.2, -0.15) is 4.31 Å². The van der Waals surface area contributed by atoms with Crippen LogP contribution in [-0.4, -0.2) is 33.0 Å². The zero-order chi connectivity index (χ0) is 19.4. The van der Waals surface area contributed by atoms with Gasteiger partial charge in [-0.05, 0) is 67.1 Å². The van der Waals surface area contributed by atoms with E-state index in [-0.39, 0.29) is 0 Å². The van der Waals surface area contributed by atoms with Gasteiger partial charge in [0.1, 0.15) is 0 Å². The van der Waals surface area contributed by atoms with E-state index in [1.54, 1.807) is 13.2 Å². The first-order chi connectivity index (χ1) is 13.0. The highest BCUT2D eigenvalue weighted by atomic mass is 32.2. The summed E-state index contributed by atoms with van der Waals surface area (Å²) in [5.41, 5.74) is 3.30. The fourth-order valence-electron chi connectivity index (χ4n) is 3.51. The minimum Gasteiger partial charge on any atom is -0.493 e. The summed E-state index contributed by atoms with van der Waals surface area (Å²) in [5.74, 6) is 1.27. The number of nitrogens with zero attached hydrogens (tertiary/aromatic N) is 1. The second-order valence-electron chi connectivity index (χ2n) is 6.63. The van der Waals surface area contributed by atoms with Gasteiger partial charge >= 0.3 is 0 Å². The van der Waals surface area contributed by atoms with Gasteiger partial charge in [0.15, 0.2) is 11.5 Å². The van der Waals surface area contributed by atoms with Crippen LogP contribution in [-0.2, 0) is 29.4 Å². The summed E-state index contributed by atoms with van der Waals surface area (Å²) >= 11 is 0. The highest BCUT2D eigenvalue weighted by Gasteiger charge is 2.25. The summed E-state index contributed by atoms with van der Waals surface area (Å²) in [6.07, 6.45) is 3.10. The number of sulfonamides is 1. The molecule has 6 heteroatoms. The topological polar surface area (TPSA) is 55.8 Å². The van der Waals surface area contributed by atoms with Gasteiger partial charge in [0.25, 0.3) is 0 Å². The molecule has 2 aromatic rings. The van der Waals surface area contributed by atoms with E-state index < -0.39 is 10.0 Å². The second-order valence-corrected chi connectivity index (χ2v) is 8.57. The molecule has 0 atom stereocenters. The molecule has 2 aromatic carbocycles. The Balaban J connectivity index is 1.86. The van der Waals surface area contributed by atoms with Gasteiger partial charge in [-0.3, -0.25) is 0 Å². The summed E-state index contributed by atoms with van der Waals surface area (Å²) in [6, 6.07) is 11.1. The van der Waals surface area contributed by atoms with E-state index in [9.17, 15) is 8.42 Å². The zero-order valence-corrected chi connectivity index (χ0v) is 17.0. The predicted octanol–water partition coefficient (Wildman–Crippen LogP) is 3.79. The Bertz CT molecular complexity index is 908. The molecule has 0 amide bonds. The normalized spacial score (nSPS) is 13.6. The van der Waals surface area contributed by atoms with E-state index in [1.165, 1.54) is 9.87 Å². The molecule has 0 radical (unpaired) electrons. The van der Waals surface area contributed by atoms with E-state index >= 15 is 0 Å². The Labute approximate surface area is 162 Å². The first-order valence-corrected chi connectivity index (χ1v) is 10.8. The monoisotopic (exact) mass is 389 g/mol. The summed E-state index contributed by atoms with van der Waals surface area (Å²) in [6.45, 7) is 5.00. The fraction of sp³-hybridized carbons (Fsp3) is 0.429. The van der Waals surface area contributed by atoms with Crippen molar-refractivity contribution in [1.29, 1.82) is 0 Å². The highest BCUT2D eigenvalue weighted by Crippen LogP contribution is 2.30. The van der Waals surface area contributed by atoms with Gasteiger partial charge in [0.05, 0.1) is 18.6 Å². The van der Waals surface area contributed by atoms with Gasteiger partial charge in [0, 0.05) is 13.1 Å². The summed E-state index contributed by atoms with van der Waals surface area (Å²) in [7, 11) is -1.97. The molecule has 5 nitrogen and oxygen atoms in total. The molecule has 0 saturated carbocycles. The molecule has 3 rings (SSSR count). The average molecular weight is 390 g/mol. The van der Waals surface area contributed by atoms with Crippen molar-refractivity contribution in [1.82, 2.24) is 4.31 Å².